The highest BCUT2D eigenvalue weighted by Gasteiger charge is 2.44. The Morgan fingerprint density at radius 3 is 1.87 bits per heavy atom. The van der Waals surface area contributed by atoms with Crippen molar-refractivity contribution in [2.24, 2.45) is 22.7 Å². The molecule has 0 bridgehead atoms. The van der Waals surface area contributed by atoms with Gasteiger partial charge >= 0.3 is 0 Å². The van der Waals surface area contributed by atoms with Crippen LogP contribution in [0.3, 0.4) is 0 Å². The van der Waals surface area contributed by atoms with Crippen molar-refractivity contribution < 1.29 is 4.79 Å². The lowest BCUT2D eigenvalue weighted by atomic mass is 9.58. The van der Waals surface area contributed by atoms with Crippen molar-refractivity contribution in [1.82, 2.24) is 0 Å². The summed E-state index contributed by atoms with van der Waals surface area (Å²) >= 11 is 0. The van der Waals surface area contributed by atoms with Crippen LogP contribution in [0.15, 0.2) is 0 Å². The van der Waals surface area contributed by atoms with E-state index in [0.29, 0.717) is 11.7 Å². The van der Waals surface area contributed by atoms with Crippen LogP contribution in [0.5, 0.6) is 0 Å². The van der Waals surface area contributed by atoms with Crippen LogP contribution in [0, 0.1) is 22.7 Å². The Labute approximate surface area is 94.6 Å². The third-order valence-corrected chi connectivity index (χ3v) is 3.73. The molecule has 0 aliphatic heterocycles. The lowest BCUT2D eigenvalue weighted by molar-refractivity contribution is -0.134. The molecule has 2 unspecified atom stereocenters. The summed E-state index contributed by atoms with van der Waals surface area (Å²) < 4.78 is 0. The molecule has 1 fully saturated rings. The van der Waals surface area contributed by atoms with E-state index in [1.54, 1.807) is 0 Å². The lowest BCUT2D eigenvalue weighted by Crippen LogP contribution is -2.43. The van der Waals surface area contributed by atoms with Gasteiger partial charge in [-0.05, 0) is 29.6 Å². The zero-order valence-electron chi connectivity index (χ0n) is 11.2. The molecule has 1 heteroatoms. The molecule has 0 heterocycles. The van der Waals surface area contributed by atoms with Gasteiger partial charge in [0.05, 0.1) is 0 Å². The normalized spacial score (nSPS) is 29.3. The van der Waals surface area contributed by atoms with Gasteiger partial charge in [-0.3, -0.25) is 4.79 Å². The van der Waals surface area contributed by atoms with Crippen LogP contribution in [-0.2, 0) is 4.79 Å². The van der Waals surface area contributed by atoms with Crippen molar-refractivity contribution in [3.05, 3.63) is 0 Å². The minimum Gasteiger partial charge on any atom is -0.299 e. The summed E-state index contributed by atoms with van der Waals surface area (Å²) in [6.07, 6.45) is 3.11. The second kappa shape index (κ2) is 3.92. The number of Topliss-reactive ketones (excluding diaryl/α,β-unsaturated/α-hetero) is 1. The fourth-order valence-corrected chi connectivity index (χ4v) is 3.06. The molecule has 1 rings (SSSR count). The van der Waals surface area contributed by atoms with Crippen LogP contribution in [0.2, 0.25) is 0 Å². The molecule has 15 heavy (non-hydrogen) atoms. The van der Waals surface area contributed by atoms with E-state index in [-0.39, 0.29) is 16.7 Å². The predicted molar refractivity (Wildman–Crippen MR) is 64.7 cm³/mol. The number of carbonyl (C=O) groups excluding carboxylic acids is 1. The van der Waals surface area contributed by atoms with Crippen molar-refractivity contribution in [1.29, 1.82) is 0 Å². The molecule has 0 spiro atoms. The topological polar surface area (TPSA) is 17.1 Å². The van der Waals surface area contributed by atoms with Crippen molar-refractivity contribution in [3.8, 4) is 0 Å². The van der Waals surface area contributed by atoms with E-state index in [1.165, 1.54) is 6.42 Å². The number of hydrogen-bond acceptors (Lipinski definition) is 1. The molecular formula is C14H26O. The van der Waals surface area contributed by atoms with Gasteiger partial charge < -0.3 is 0 Å². The smallest absolute Gasteiger partial charge is 0.136 e. The average molecular weight is 210 g/mol. The third-order valence-electron chi connectivity index (χ3n) is 3.73. The van der Waals surface area contributed by atoms with Gasteiger partial charge in [0.25, 0.3) is 0 Å². The molecular weight excluding hydrogens is 184 g/mol. The maximum Gasteiger partial charge on any atom is 0.136 e. The summed E-state index contributed by atoms with van der Waals surface area (Å²) in [5.41, 5.74) is 0.378. The Morgan fingerprint density at radius 1 is 1.00 bits per heavy atom. The van der Waals surface area contributed by atoms with E-state index in [9.17, 15) is 4.79 Å². The highest BCUT2D eigenvalue weighted by Crippen LogP contribution is 2.47. The fourth-order valence-electron chi connectivity index (χ4n) is 3.06. The van der Waals surface area contributed by atoms with Gasteiger partial charge in [-0.2, -0.15) is 0 Å². The highest BCUT2D eigenvalue weighted by molar-refractivity contribution is 5.82. The summed E-state index contributed by atoms with van der Waals surface area (Å²) in [7, 11) is 0. The van der Waals surface area contributed by atoms with Crippen LogP contribution >= 0.6 is 0 Å². The van der Waals surface area contributed by atoms with Gasteiger partial charge in [0.1, 0.15) is 5.78 Å². The van der Waals surface area contributed by atoms with Gasteiger partial charge in [-0.15, -0.1) is 0 Å². The number of rotatable bonds is 0. The van der Waals surface area contributed by atoms with E-state index >= 15 is 0 Å². The summed E-state index contributed by atoms with van der Waals surface area (Å²) in [6.45, 7) is 13.4. The lowest BCUT2D eigenvalue weighted by Gasteiger charge is -2.45. The van der Waals surface area contributed by atoms with Crippen LogP contribution in [0.1, 0.15) is 60.8 Å². The maximum absolute atomic E-state index is 12.1. The quantitative estimate of drug-likeness (QED) is 0.589. The first kappa shape index (κ1) is 12.7. The monoisotopic (exact) mass is 210 g/mol. The Kier molecular flexibility index (Phi) is 3.33. The van der Waals surface area contributed by atoms with E-state index in [4.69, 9.17) is 0 Å². The molecule has 0 aromatic heterocycles. The van der Waals surface area contributed by atoms with E-state index in [2.05, 4.69) is 41.5 Å². The van der Waals surface area contributed by atoms with Gasteiger partial charge in [-0.1, -0.05) is 41.5 Å². The Morgan fingerprint density at radius 2 is 1.53 bits per heavy atom. The second-order valence-corrected chi connectivity index (χ2v) is 7.17. The molecule has 0 aromatic carbocycles. The van der Waals surface area contributed by atoms with Crippen LogP contribution in [0.25, 0.3) is 0 Å². The van der Waals surface area contributed by atoms with Gasteiger partial charge in [0, 0.05) is 12.3 Å². The Balaban J connectivity index is 2.98. The van der Waals surface area contributed by atoms with Crippen molar-refractivity contribution in [2.75, 3.05) is 0 Å². The maximum atomic E-state index is 12.1. The number of hydrogen-bond donors (Lipinski definition) is 0. The molecule has 0 N–H and O–H groups in total. The molecule has 0 aromatic rings. The molecule has 1 aliphatic carbocycles. The summed E-state index contributed by atoms with van der Waals surface area (Å²) in [6, 6.07) is 0. The van der Waals surface area contributed by atoms with Gasteiger partial charge in [0.2, 0.25) is 0 Å². The van der Waals surface area contributed by atoms with Crippen molar-refractivity contribution >= 4 is 5.78 Å². The predicted octanol–water partition coefficient (Wildman–Crippen LogP) is 4.06. The molecule has 1 saturated carbocycles. The molecule has 88 valence electrons. The van der Waals surface area contributed by atoms with E-state index < -0.39 is 0 Å². The molecule has 0 saturated heterocycles. The fraction of sp³-hybridized carbons (Fsp3) is 0.929. The summed E-state index contributed by atoms with van der Waals surface area (Å²) in [5.74, 6) is 1.30. The standard InChI is InChI=1S/C14H26O/c1-13(2,3)10-8-7-9-11(15)12(10)14(4,5)6/h10,12H,7-9H2,1-6H3. The molecule has 0 amide bonds. The SMILES string of the molecule is CC(C)(C)C1CCCC(=O)C1C(C)(C)C. The summed E-state index contributed by atoms with van der Waals surface area (Å²) in [4.78, 5) is 12.1. The number of ketones is 1. The largest absolute Gasteiger partial charge is 0.299 e. The molecule has 1 nitrogen and oxygen atoms in total. The second-order valence-electron chi connectivity index (χ2n) is 7.17. The minimum absolute atomic E-state index is 0.120. The first-order chi connectivity index (χ1) is 6.64. The summed E-state index contributed by atoms with van der Waals surface area (Å²) in [5, 5.41) is 0. The van der Waals surface area contributed by atoms with E-state index in [1.807, 2.05) is 0 Å². The van der Waals surface area contributed by atoms with Crippen molar-refractivity contribution in [2.45, 2.75) is 60.8 Å². The Hall–Kier alpha value is -0.330. The molecule has 2 atom stereocenters. The van der Waals surface area contributed by atoms with E-state index in [0.717, 1.165) is 12.8 Å². The minimum atomic E-state index is 0.120. The Bertz CT molecular complexity index is 239. The zero-order valence-corrected chi connectivity index (χ0v) is 11.2. The zero-order chi connectivity index (χ0) is 11.9. The average Bonchev–Trinajstić information content (AvgIpc) is 1.99. The van der Waals surface area contributed by atoms with Gasteiger partial charge in [-0.25, -0.2) is 0 Å². The van der Waals surface area contributed by atoms with Crippen LogP contribution < -0.4 is 0 Å². The number of carbonyl (C=O) groups is 1. The van der Waals surface area contributed by atoms with Crippen LogP contribution in [-0.4, -0.2) is 5.78 Å². The molecule has 1 aliphatic rings. The van der Waals surface area contributed by atoms with Gasteiger partial charge in [0.15, 0.2) is 0 Å². The first-order valence-electron chi connectivity index (χ1n) is 6.17. The first-order valence-corrected chi connectivity index (χ1v) is 6.17. The highest BCUT2D eigenvalue weighted by atomic mass is 16.1. The van der Waals surface area contributed by atoms with Crippen molar-refractivity contribution in [3.63, 3.8) is 0 Å². The third kappa shape index (κ3) is 2.83. The molecule has 0 radical (unpaired) electrons. The van der Waals surface area contributed by atoms with Crippen LogP contribution in [0.4, 0.5) is 0 Å².